The summed E-state index contributed by atoms with van der Waals surface area (Å²) in [6.45, 7) is 5.59. The van der Waals surface area contributed by atoms with Crippen LogP contribution in [0.2, 0.25) is 0 Å². The summed E-state index contributed by atoms with van der Waals surface area (Å²) in [5.74, 6) is 0. The normalized spacial score (nSPS) is 10.9. The van der Waals surface area contributed by atoms with Crippen molar-refractivity contribution in [3.05, 3.63) is 18.0 Å². The Balaban J connectivity index is 2.08. The maximum absolute atomic E-state index is 4.60. The van der Waals surface area contributed by atoms with Crippen molar-refractivity contribution in [2.75, 3.05) is 0 Å². The highest BCUT2D eigenvalue weighted by atomic mass is 15.3. The molecule has 0 aliphatic carbocycles. The standard InChI is InChI=1S/C15H28N2/c1-3-5-7-8-9-10-13-17-14-12-15(16-17)11-6-4-2/h12,14H,3-11,13H2,1-2H3. The van der Waals surface area contributed by atoms with Crippen LogP contribution in [0.4, 0.5) is 0 Å². The summed E-state index contributed by atoms with van der Waals surface area (Å²) in [6, 6.07) is 2.17. The molecule has 17 heavy (non-hydrogen) atoms. The number of rotatable bonds is 10. The SMILES string of the molecule is CCCCCCCCn1ccc(CCCC)n1. The minimum Gasteiger partial charge on any atom is -0.272 e. The van der Waals surface area contributed by atoms with Gasteiger partial charge in [0, 0.05) is 12.7 Å². The second-order valence-corrected chi connectivity index (χ2v) is 4.94. The van der Waals surface area contributed by atoms with Crippen molar-refractivity contribution in [1.29, 1.82) is 0 Å². The highest BCUT2D eigenvalue weighted by molar-refractivity contribution is 4.98. The van der Waals surface area contributed by atoms with Gasteiger partial charge in [-0.2, -0.15) is 5.10 Å². The van der Waals surface area contributed by atoms with E-state index in [-0.39, 0.29) is 0 Å². The molecule has 0 aliphatic heterocycles. The molecule has 0 fully saturated rings. The maximum Gasteiger partial charge on any atom is 0.0624 e. The quantitative estimate of drug-likeness (QED) is 0.543. The highest BCUT2D eigenvalue weighted by Gasteiger charge is 1.98. The zero-order chi connectivity index (χ0) is 12.3. The first-order valence-corrected chi connectivity index (χ1v) is 7.39. The number of aryl methyl sites for hydroxylation is 2. The predicted octanol–water partition coefficient (Wildman–Crippen LogP) is 4.59. The monoisotopic (exact) mass is 236 g/mol. The minimum atomic E-state index is 1.10. The van der Waals surface area contributed by atoms with Crippen molar-refractivity contribution in [2.45, 2.75) is 78.2 Å². The molecule has 0 spiro atoms. The Morgan fingerprint density at radius 3 is 2.41 bits per heavy atom. The fourth-order valence-corrected chi connectivity index (χ4v) is 2.07. The van der Waals surface area contributed by atoms with E-state index in [1.807, 2.05) is 0 Å². The van der Waals surface area contributed by atoms with Crippen molar-refractivity contribution >= 4 is 0 Å². The molecule has 0 saturated heterocycles. The van der Waals surface area contributed by atoms with Gasteiger partial charge in [-0.3, -0.25) is 4.68 Å². The summed E-state index contributed by atoms with van der Waals surface area (Å²) in [5.41, 5.74) is 1.26. The van der Waals surface area contributed by atoms with Crippen LogP contribution in [0.5, 0.6) is 0 Å². The van der Waals surface area contributed by atoms with Crippen LogP contribution in [0.1, 0.15) is 70.9 Å². The molecule has 0 unspecified atom stereocenters. The molecule has 0 amide bonds. The van der Waals surface area contributed by atoms with Gasteiger partial charge >= 0.3 is 0 Å². The van der Waals surface area contributed by atoms with E-state index in [0.29, 0.717) is 0 Å². The van der Waals surface area contributed by atoms with Crippen LogP contribution in [0, 0.1) is 0 Å². The summed E-state index contributed by atoms with van der Waals surface area (Å²) in [7, 11) is 0. The molecule has 2 nitrogen and oxygen atoms in total. The zero-order valence-corrected chi connectivity index (χ0v) is 11.6. The fourth-order valence-electron chi connectivity index (χ4n) is 2.07. The molecule has 0 bridgehead atoms. The van der Waals surface area contributed by atoms with Crippen molar-refractivity contribution in [3.8, 4) is 0 Å². The number of nitrogens with zero attached hydrogens (tertiary/aromatic N) is 2. The van der Waals surface area contributed by atoms with Crippen LogP contribution in [0.25, 0.3) is 0 Å². The zero-order valence-electron chi connectivity index (χ0n) is 11.6. The van der Waals surface area contributed by atoms with Crippen LogP contribution in [-0.2, 0) is 13.0 Å². The summed E-state index contributed by atoms with van der Waals surface area (Å²) in [5, 5.41) is 4.60. The fraction of sp³-hybridized carbons (Fsp3) is 0.800. The van der Waals surface area contributed by atoms with Crippen LogP contribution < -0.4 is 0 Å². The molecular formula is C15H28N2. The van der Waals surface area contributed by atoms with Crippen LogP contribution in [0.3, 0.4) is 0 Å². The van der Waals surface area contributed by atoms with Crippen LogP contribution in [-0.4, -0.2) is 9.78 Å². The average molecular weight is 236 g/mol. The maximum atomic E-state index is 4.60. The van der Waals surface area contributed by atoms with Crippen molar-refractivity contribution in [1.82, 2.24) is 9.78 Å². The van der Waals surface area contributed by atoms with E-state index in [2.05, 4.69) is 35.9 Å². The third-order valence-electron chi connectivity index (χ3n) is 3.22. The van der Waals surface area contributed by atoms with E-state index in [0.717, 1.165) is 13.0 Å². The lowest BCUT2D eigenvalue weighted by molar-refractivity contribution is 0.523. The van der Waals surface area contributed by atoms with Gasteiger partial charge in [0.1, 0.15) is 0 Å². The first-order chi connectivity index (χ1) is 8.36. The van der Waals surface area contributed by atoms with Gasteiger partial charge in [-0.25, -0.2) is 0 Å². The van der Waals surface area contributed by atoms with Gasteiger partial charge in [-0.1, -0.05) is 52.4 Å². The van der Waals surface area contributed by atoms with E-state index >= 15 is 0 Å². The van der Waals surface area contributed by atoms with Crippen molar-refractivity contribution in [2.24, 2.45) is 0 Å². The lowest BCUT2D eigenvalue weighted by Crippen LogP contribution is -1.99. The number of aromatic nitrogens is 2. The van der Waals surface area contributed by atoms with Gasteiger partial charge < -0.3 is 0 Å². The molecule has 0 N–H and O–H groups in total. The van der Waals surface area contributed by atoms with E-state index in [4.69, 9.17) is 0 Å². The third-order valence-corrected chi connectivity index (χ3v) is 3.22. The summed E-state index contributed by atoms with van der Waals surface area (Å²) < 4.78 is 2.12. The van der Waals surface area contributed by atoms with Gasteiger partial charge in [-0.15, -0.1) is 0 Å². The summed E-state index contributed by atoms with van der Waals surface area (Å²) in [4.78, 5) is 0. The number of hydrogen-bond donors (Lipinski definition) is 0. The second-order valence-electron chi connectivity index (χ2n) is 4.94. The molecule has 0 atom stereocenters. The van der Waals surface area contributed by atoms with Crippen molar-refractivity contribution in [3.63, 3.8) is 0 Å². The highest BCUT2D eigenvalue weighted by Crippen LogP contribution is 2.07. The average Bonchev–Trinajstić information content (AvgIpc) is 2.79. The lowest BCUT2D eigenvalue weighted by Gasteiger charge is -2.02. The molecular weight excluding hydrogens is 208 g/mol. The Labute approximate surface area is 106 Å². The Hall–Kier alpha value is -0.790. The number of hydrogen-bond acceptors (Lipinski definition) is 1. The third kappa shape index (κ3) is 6.50. The van der Waals surface area contributed by atoms with Gasteiger partial charge in [0.25, 0.3) is 0 Å². The molecule has 0 aliphatic rings. The van der Waals surface area contributed by atoms with Gasteiger partial charge in [0.05, 0.1) is 5.69 Å². The predicted molar refractivity (Wildman–Crippen MR) is 74.2 cm³/mol. The minimum absolute atomic E-state index is 1.10. The Morgan fingerprint density at radius 2 is 1.65 bits per heavy atom. The second kappa shape index (κ2) is 9.26. The Bertz CT molecular complexity index is 278. The molecule has 1 aromatic heterocycles. The van der Waals surface area contributed by atoms with Gasteiger partial charge in [0.15, 0.2) is 0 Å². The Kier molecular flexibility index (Phi) is 7.78. The van der Waals surface area contributed by atoms with E-state index in [1.54, 1.807) is 0 Å². The largest absolute Gasteiger partial charge is 0.272 e. The molecule has 1 aromatic rings. The lowest BCUT2D eigenvalue weighted by atomic mass is 10.1. The summed E-state index contributed by atoms with van der Waals surface area (Å²) in [6.07, 6.45) is 13.9. The topological polar surface area (TPSA) is 17.8 Å². The molecule has 1 heterocycles. The van der Waals surface area contributed by atoms with Gasteiger partial charge in [-0.05, 0) is 25.3 Å². The van der Waals surface area contributed by atoms with E-state index < -0.39 is 0 Å². The van der Waals surface area contributed by atoms with E-state index in [9.17, 15) is 0 Å². The molecule has 98 valence electrons. The van der Waals surface area contributed by atoms with Crippen LogP contribution >= 0.6 is 0 Å². The van der Waals surface area contributed by atoms with Crippen LogP contribution in [0.15, 0.2) is 12.3 Å². The first kappa shape index (κ1) is 14.3. The molecule has 0 saturated carbocycles. The molecule has 1 rings (SSSR count). The molecule has 0 radical (unpaired) electrons. The molecule has 2 heteroatoms. The number of unbranched alkanes of at least 4 members (excludes halogenated alkanes) is 6. The van der Waals surface area contributed by atoms with Crippen molar-refractivity contribution < 1.29 is 0 Å². The Morgan fingerprint density at radius 1 is 0.941 bits per heavy atom. The van der Waals surface area contributed by atoms with Gasteiger partial charge in [0.2, 0.25) is 0 Å². The molecule has 0 aromatic carbocycles. The summed E-state index contributed by atoms with van der Waals surface area (Å²) >= 11 is 0. The first-order valence-electron chi connectivity index (χ1n) is 7.39. The van der Waals surface area contributed by atoms with E-state index in [1.165, 1.54) is 57.1 Å². The smallest absolute Gasteiger partial charge is 0.0624 e.